The summed E-state index contributed by atoms with van der Waals surface area (Å²) in [5, 5.41) is 4.17. The monoisotopic (exact) mass is 316 g/mol. The summed E-state index contributed by atoms with van der Waals surface area (Å²) in [6.07, 6.45) is 2.64. The summed E-state index contributed by atoms with van der Waals surface area (Å²) < 4.78 is 5.96. The Morgan fingerprint density at radius 1 is 1.25 bits per heavy atom. The van der Waals surface area contributed by atoms with E-state index < -0.39 is 0 Å². The average Bonchev–Trinajstić information content (AvgIpc) is 3.23. The minimum Gasteiger partial charge on any atom is -0.493 e. The molecule has 0 unspecified atom stereocenters. The molecular formula is C15H22Cl2N2O. The lowest BCUT2D eigenvalue weighted by molar-refractivity contribution is 0.226. The molecule has 20 heavy (non-hydrogen) atoms. The molecule has 2 fully saturated rings. The lowest BCUT2D eigenvalue weighted by Crippen LogP contribution is -2.42. The Morgan fingerprint density at radius 3 is 2.70 bits per heavy atom. The van der Waals surface area contributed by atoms with Gasteiger partial charge in [0.25, 0.3) is 0 Å². The molecule has 2 aliphatic rings. The van der Waals surface area contributed by atoms with Crippen LogP contribution in [-0.2, 0) is 6.54 Å². The van der Waals surface area contributed by atoms with Crippen molar-refractivity contribution in [1.82, 2.24) is 10.2 Å². The summed E-state index contributed by atoms with van der Waals surface area (Å²) in [6.45, 7) is 6.11. The molecule has 3 rings (SSSR count). The van der Waals surface area contributed by atoms with Crippen LogP contribution in [0.5, 0.6) is 5.75 Å². The minimum absolute atomic E-state index is 0. The molecule has 0 bridgehead atoms. The zero-order chi connectivity index (χ0) is 13.1. The van der Waals surface area contributed by atoms with Crippen molar-refractivity contribution in [1.29, 1.82) is 0 Å². The highest BCUT2D eigenvalue weighted by Crippen LogP contribution is 2.31. The van der Waals surface area contributed by atoms with E-state index >= 15 is 0 Å². The SMILES string of the molecule is Cl.Clc1ccc(OCC2CC2)c(CN2CCNCC2)c1. The summed E-state index contributed by atoms with van der Waals surface area (Å²) in [4.78, 5) is 2.45. The molecular weight excluding hydrogens is 295 g/mol. The summed E-state index contributed by atoms with van der Waals surface area (Å²) in [7, 11) is 0. The first-order valence-electron chi connectivity index (χ1n) is 7.15. The number of ether oxygens (including phenoxy) is 1. The van der Waals surface area contributed by atoms with E-state index in [9.17, 15) is 0 Å². The molecule has 1 aliphatic heterocycles. The van der Waals surface area contributed by atoms with Gasteiger partial charge in [0, 0.05) is 43.3 Å². The number of nitrogens with zero attached hydrogens (tertiary/aromatic N) is 1. The molecule has 0 radical (unpaired) electrons. The molecule has 1 saturated carbocycles. The van der Waals surface area contributed by atoms with Crippen LogP contribution >= 0.6 is 24.0 Å². The predicted molar refractivity (Wildman–Crippen MR) is 85.1 cm³/mol. The van der Waals surface area contributed by atoms with Crippen molar-refractivity contribution in [3.8, 4) is 5.75 Å². The first-order chi connectivity index (χ1) is 9.31. The topological polar surface area (TPSA) is 24.5 Å². The van der Waals surface area contributed by atoms with Gasteiger partial charge in [-0.25, -0.2) is 0 Å². The number of hydrogen-bond donors (Lipinski definition) is 1. The largest absolute Gasteiger partial charge is 0.493 e. The van der Waals surface area contributed by atoms with Crippen LogP contribution in [0.3, 0.4) is 0 Å². The van der Waals surface area contributed by atoms with Crippen LogP contribution in [0.1, 0.15) is 18.4 Å². The van der Waals surface area contributed by atoms with E-state index in [1.54, 1.807) is 0 Å². The molecule has 1 saturated heterocycles. The Hall–Kier alpha value is -0.480. The average molecular weight is 317 g/mol. The second-order valence-electron chi connectivity index (χ2n) is 5.53. The van der Waals surface area contributed by atoms with Gasteiger partial charge in [0.2, 0.25) is 0 Å². The first kappa shape index (κ1) is 15.9. The zero-order valence-electron chi connectivity index (χ0n) is 11.6. The number of benzene rings is 1. The fourth-order valence-corrected chi connectivity index (χ4v) is 2.61. The van der Waals surface area contributed by atoms with E-state index in [4.69, 9.17) is 16.3 Å². The van der Waals surface area contributed by atoms with E-state index in [2.05, 4.69) is 10.2 Å². The maximum absolute atomic E-state index is 6.12. The third-order valence-electron chi connectivity index (χ3n) is 3.80. The van der Waals surface area contributed by atoms with Gasteiger partial charge in [0.05, 0.1) is 6.61 Å². The van der Waals surface area contributed by atoms with Gasteiger partial charge in [-0.15, -0.1) is 12.4 Å². The van der Waals surface area contributed by atoms with Gasteiger partial charge in [0.15, 0.2) is 0 Å². The maximum atomic E-state index is 6.12. The van der Waals surface area contributed by atoms with Crippen molar-refractivity contribution >= 4 is 24.0 Å². The second kappa shape index (κ2) is 7.51. The molecule has 5 heteroatoms. The summed E-state index contributed by atoms with van der Waals surface area (Å²) in [5.74, 6) is 1.79. The summed E-state index contributed by atoms with van der Waals surface area (Å²) in [6, 6.07) is 5.99. The van der Waals surface area contributed by atoms with Gasteiger partial charge in [-0.2, -0.15) is 0 Å². The molecule has 1 heterocycles. The van der Waals surface area contributed by atoms with Crippen LogP contribution in [-0.4, -0.2) is 37.7 Å². The molecule has 1 aromatic carbocycles. The van der Waals surface area contributed by atoms with Crippen LogP contribution < -0.4 is 10.1 Å². The van der Waals surface area contributed by atoms with Gasteiger partial charge < -0.3 is 10.1 Å². The van der Waals surface area contributed by atoms with Crippen molar-refractivity contribution in [3.05, 3.63) is 28.8 Å². The molecule has 0 amide bonds. The van der Waals surface area contributed by atoms with Gasteiger partial charge >= 0.3 is 0 Å². The number of rotatable bonds is 5. The molecule has 112 valence electrons. The van der Waals surface area contributed by atoms with Crippen LogP contribution in [0, 0.1) is 5.92 Å². The lowest BCUT2D eigenvalue weighted by Gasteiger charge is -2.28. The Morgan fingerprint density at radius 2 is 2.00 bits per heavy atom. The molecule has 3 nitrogen and oxygen atoms in total. The van der Waals surface area contributed by atoms with Crippen LogP contribution in [0.4, 0.5) is 0 Å². The van der Waals surface area contributed by atoms with Crippen LogP contribution in [0.2, 0.25) is 5.02 Å². The van der Waals surface area contributed by atoms with Crippen LogP contribution in [0.25, 0.3) is 0 Å². The first-order valence-corrected chi connectivity index (χ1v) is 7.53. The minimum atomic E-state index is 0. The lowest BCUT2D eigenvalue weighted by atomic mass is 10.1. The summed E-state index contributed by atoms with van der Waals surface area (Å²) >= 11 is 6.12. The molecule has 1 N–H and O–H groups in total. The van der Waals surface area contributed by atoms with E-state index in [1.807, 2.05) is 18.2 Å². The van der Waals surface area contributed by atoms with Gasteiger partial charge in [-0.1, -0.05) is 11.6 Å². The Balaban J connectivity index is 0.00000147. The fraction of sp³-hybridized carbons (Fsp3) is 0.600. The number of halogens is 2. The quantitative estimate of drug-likeness (QED) is 0.904. The van der Waals surface area contributed by atoms with Crippen molar-refractivity contribution in [2.45, 2.75) is 19.4 Å². The van der Waals surface area contributed by atoms with Crippen molar-refractivity contribution in [2.75, 3.05) is 32.8 Å². The zero-order valence-corrected chi connectivity index (χ0v) is 13.2. The molecule has 0 aromatic heterocycles. The molecule has 1 aliphatic carbocycles. The van der Waals surface area contributed by atoms with Crippen molar-refractivity contribution in [3.63, 3.8) is 0 Å². The number of hydrogen-bond acceptors (Lipinski definition) is 3. The van der Waals surface area contributed by atoms with Gasteiger partial charge in [-0.05, 0) is 37.0 Å². The Labute approximate surface area is 132 Å². The van der Waals surface area contributed by atoms with E-state index in [0.717, 1.165) is 56.0 Å². The van der Waals surface area contributed by atoms with E-state index in [0.29, 0.717) is 0 Å². The fourth-order valence-electron chi connectivity index (χ4n) is 2.41. The maximum Gasteiger partial charge on any atom is 0.123 e. The normalized spacial score (nSPS) is 19.4. The third kappa shape index (κ3) is 4.52. The predicted octanol–water partition coefficient (Wildman–Crippen LogP) is 2.96. The smallest absolute Gasteiger partial charge is 0.123 e. The highest BCUT2D eigenvalue weighted by Gasteiger charge is 2.22. The summed E-state index contributed by atoms with van der Waals surface area (Å²) in [5.41, 5.74) is 1.22. The van der Waals surface area contributed by atoms with E-state index in [-0.39, 0.29) is 12.4 Å². The van der Waals surface area contributed by atoms with Crippen LogP contribution in [0.15, 0.2) is 18.2 Å². The standard InChI is InChI=1S/C15H21ClN2O.ClH/c16-14-3-4-15(19-11-12-1-2-12)13(9-14)10-18-7-5-17-6-8-18;/h3-4,9,12,17H,1-2,5-8,10-11H2;1H. The highest BCUT2D eigenvalue weighted by atomic mass is 35.5. The third-order valence-corrected chi connectivity index (χ3v) is 4.03. The van der Waals surface area contributed by atoms with Gasteiger partial charge in [-0.3, -0.25) is 4.90 Å². The number of nitrogens with one attached hydrogen (secondary N) is 1. The molecule has 1 aromatic rings. The Kier molecular flexibility index (Phi) is 5.97. The van der Waals surface area contributed by atoms with Crippen molar-refractivity contribution < 1.29 is 4.74 Å². The van der Waals surface area contributed by atoms with E-state index in [1.165, 1.54) is 18.4 Å². The molecule has 0 spiro atoms. The second-order valence-corrected chi connectivity index (χ2v) is 5.97. The van der Waals surface area contributed by atoms with Crippen molar-refractivity contribution in [2.24, 2.45) is 5.92 Å². The van der Waals surface area contributed by atoms with Gasteiger partial charge in [0.1, 0.15) is 5.75 Å². The highest BCUT2D eigenvalue weighted by molar-refractivity contribution is 6.30. The molecule has 0 atom stereocenters. The number of piperazine rings is 1. The Bertz CT molecular complexity index is 432.